The quantitative estimate of drug-likeness (QED) is 0.905. The van der Waals surface area contributed by atoms with Crippen LogP contribution in [0.1, 0.15) is 26.8 Å². The van der Waals surface area contributed by atoms with Crippen molar-refractivity contribution in [2.24, 2.45) is 10.5 Å². The molecule has 126 valence electrons. The van der Waals surface area contributed by atoms with Gasteiger partial charge in [0.2, 0.25) is 0 Å². The van der Waals surface area contributed by atoms with E-state index >= 15 is 0 Å². The van der Waals surface area contributed by atoms with Crippen LogP contribution in [0.3, 0.4) is 0 Å². The monoisotopic (exact) mass is 346 g/mol. The number of carbonyl (C=O) groups is 1. The summed E-state index contributed by atoms with van der Waals surface area (Å²) in [6, 6.07) is 6.58. The van der Waals surface area contributed by atoms with Crippen LogP contribution >= 0.6 is 11.6 Å². The van der Waals surface area contributed by atoms with E-state index in [1.54, 1.807) is 35.3 Å². The highest BCUT2D eigenvalue weighted by molar-refractivity contribution is 6.30. The summed E-state index contributed by atoms with van der Waals surface area (Å²) >= 11 is 5.95. The Hall–Kier alpha value is -2.41. The second kappa shape index (κ2) is 6.24. The Morgan fingerprint density at radius 1 is 1.38 bits per heavy atom. The van der Waals surface area contributed by atoms with E-state index < -0.39 is 0 Å². The molecule has 7 nitrogen and oxygen atoms in total. The van der Waals surface area contributed by atoms with Gasteiger partial charge < -0.3 is 5.32 Å². The highest BCUT2D eigenvalue weighted by Gasteiger charge is 2.38. The number of urea groups is 1. The minimum absolute atomic E-state index is 0.127. The number of hydrogen-bond acceptors (Lipinski definition) is 4. The summed E-state index contributed by atoms with van der Waals surface area (Å²) in [5, 5.41) is 13.5. The number of hydrogen-bond donors (Lipinski definition) is 1. The normalized spacial score (nSPS) is 17.8. The lowest BCUT2D eigenvalue weighted by Crippen LogP contribution is -2.33. The molecule has 1 aliphatic heterocycles. The maximum absolute atomic E-state index is 12.5. The summed E-state index contributed by atoms with van der Waals surface area (Å²) in [6.07, 6.45) is 3.12. The first-order chi connectivity index (χ1) is 11.3. The molecule has 0 aliphatic carbocycles. The molecule has 2 aromatic rings. The molecule has 0 saturated heterocycles. The van der Waals surface area contributed by atoms with Crippen molar-refractivity contribution in [2.75, 3.05) is 11.9 Å². The van der Waals surface area contributed by atoms with Crippen LogP contribution in [0, 0.1) is 5.41 Å². The molecule has 1 aromatic carbocycles. The van der Waals surface area contributed by atoms with Crippen LogP contribution in [0.2, 0.25) is 5.02 Å². The number of carbonyl (C=O) groups excluding carboxylic acids is 1. The molecule has 3 rings (SSSR count). The molecule has 2 heterocycles. The molecule has 0 fully saturated rings. The van der Waals surface area contributed by atoms with Gasteiger partial charge in [-0.25, -0.2) is 19.5 Å². The van der Waals surface area contributed by atoms with E-state index in [9.17, 15) is 4.79 Å². The lowest BCUT2D eigenvalue weighted by atomic mass is 9.86. The zero-order valence-corrected chi connectivity index (χ0v) is 14.5. The third kappa shape index (κ3) is 3.41. The average molecular weight is 347 g/mol. The van der Waals surface area contributed by atoms with E-state index in [1.807, 2.05) is 0 Å². The molecule has 1 aromatic heterocycles. The lowest BCUT2D eigenvalue weighted by Gasteiger charge is -2.23. The van der Waals surface area contributed by atoms with Crippen LogP contribution in [0.5, 0.6) is 0 Å². The molecular formula is C16H19ClN6O. The Labute approximate surface area is 145 Å². The summed E-state index contributed by atoms with van der Waals surface area (Å²) in [5.41, 5.74) is 1.32. The van der Waals surface area contributed by atoms with Crippen LogP contribution in [-0.4, -0.2) is 38.1 Å². The molecule has 24 heavy (non-hydrogen) atoms. The second-order valence-corrected chi connectivity index (χ2v) is 7.09. The highest BCUT2D eigenvalue weighted by Crippen LogP contribution is 2.30. The van der Waals surface area contributed by atoms with Crippen LogP contribution in [-0.2, 0) is 0 Å². The number of halogens is 1. The average Bonchev–Trinajstić information content (AvgIpc) is 3.16. The number of amides is 2. The lowest BCUT2D eigenvalue weighted by molar-refractivity contribution is 0.215. The topological polar surface area (TPSA) is 75.4 Å². The predicted molar refractivity (Wildman–Crippen MR) is 93.1 cm³/mol. The minimum atomic E-state index is -0.304. The van der Waals surface area contributed by atoms with Gasteiger partial charge in [-0.2, -0.15) is 10.2 Å². The van der Waals surface area contributed by atoms with Crippen molar-refractivity contribution in [2.45, 2.75) is 26.8 Å². The fraction of sp³-hybridized carbons (Fsp3) is 0.375. The van der Waals surface area contributed by atoms with E-state index in [1.165, 1.54) is 11.3 Å². The van der Waals surface area contributed by atoms with Gasteiger partial charge in [-0.1, -0.05) is 38.4 Å². The van der Waals surface area contributed by atoms with Gasteiger partial charge in [0.15, 0.2) is 0 Å². The molecule has 0 bridgehead atoms. The van der Waals surface area contributed by atoms with Crippen LogP contribution < -0.4 is 5.32 Å². The molecule has 0 spiro atoms. The first kappa shape index (κ1) is 16.4. The zero-order chi connectivity index (χ0) is 17.3. The van der Waals surface area contributed by atoms with Gasteiger partial charge in [-0.15, -0.1) is 0 Å². The van der Waals surface area contributed by atoms with E-state index in [-0.39, 0.29) is 17.5 Å². The van der Waals surface area contributed by atoms with Crippen LogP contribution in [0.25, 0.3) is 0 Å². The van der Waals surface area contributed by atoms with Gasteiger partial charge in [0.25, 0.3) is 0 Å². The standard InChI is InChI=1S/C16H19ClN6O/c1-16(2,3)14-13(23-10-18-9-19-23)8-22(21-14)15(24)20-12-6-4-5-11(17)7-12/h4-7,9-10,13H,8H2,1-3H3,(H,20,24). The number of benzene rings is 1. The van der Waals surface area contributed by atoms with Gasteiger partial charge in [-0.05, 0) is 18.2 Å². The van der Waals surface area contributed by atoms with Crippen molar-refractivity contribution in [1.82, 2.24) is 19.8 Å². The molecule has 1 unspecified atom stereocenters. The largest absolute Gasteiger partial charge is 0.342 e. The SMILES string of the molecule is CC(C)(C)C1=NN(C(=O)Nc2cccc(Cl)c2)CC1n1cncn1. The number of aromatic nitrogens is 3. The van der Waals surface area contributed by atoms with Crippen molar-refractivity contribution in [3.8, 4) is 0 Å². The maximum Gasteiger partial charge on any atom is 0.342 e. The third-order valence-corrected chi connectivity index (χ3v) is 3.96. The Morgan fingerprint density at radius 2 is 2.17 bits per heavy atom. The van der Waals surface area contributed by atoms with Crippen LogP contribution in [0.15, 0.2) is 42.0 Å². The summed E-state index contributed by atoms with van der Waals surface area (Å²) in [6.45, 7) is 6.60. The smallest absolute Gasteiger partial charge is 0.306 e. The fourth-order valence-corrected chi connectivity index (χ4v) is 2.80. The minimum Gasteiger partial charge on any atom is -0.306 e. The fourth-order valence-electron chi connectivity index (χ4n) is 2.61. The Bertz CT molecular complexity index is 765. The van der Waals surface area contributed by atoms with Crippen molar-refractivity contribution in [3.63, 3.8) is 0 Å². The van der Waals surface area contributed by atoms with Crippen molar-refractivity contribution < 1.29 is 4.79 Å². The molecule has 2 amide bonds. The number of anilines is 1. The van der Waals surface area contributed by atoms with Crippen molar-refractivity contribution >= 4 is 29.0 Å². The first-order valence-electron chi connectivity index (χ1n) is 7.62. The second-order valence-electron chi connectivity index (χ2n) is 6.65. The molecule has 0 saturated carbocycles. The molecule has 1 N–H and O–H groups in total. The molecule has 1 aliphatic rings. The van der Waals surface area contributed by atoms with Gasteiger partial charge in [0.05, 0.1) is 12.3 Å². The van der Waals surface area contributed by atoms with Crippen molar-refractivity contribution in [3.05, 3.63) is 41.9 Å². The number of rotatable bonds is 2. The Balaban J connectivity index is 1.81. The van der Waals surface area contributed by atoms with Gasteiger partial charge >= 0.3 is 6.03 Å². The van der Waals surface area contributed by atoms with Crippen molar-refractivity contribution in [1.29, 1.82) is 0 Å². The first-order valence-corrected chi connectivity index (χ1v) is 7.99. The zero-order valence-electron chi connectivity index (χ0n) is 13.8. The number of nitrogens with zero attached hydrogens (tertiary/aromatic N) is 5. The van der Waals surface area contributed by atoms with E-state index in [0.29, 0.717) is 17.3 Å². The molecule has 1 atom stereocenters. The number of hydrazone groups is 1. The van der Waals surface area contributed by atoms with Crippen LogP contribution in [0.4, 0.5) is 10.5 Å². The van der Waals surface area contributed by atoms with Gasteiger partial charge in [-0.3, -0.25) is 0 Å². The maximum atomic E-state index is 12.5. The summed E-state index contributed by atoms with van der Waals surface area (Å²) in [5.74, 6) is 0. The summed E-state index contributed by atoms with van der Waals surface area (Å²) in [7, 11) is 0. The summed E-state index contributed by atoms with van der Waals surface area (Å²) < 4.78 is 1.73. The molecule has 8 heteroatoms. The van der Waals surface area contributed by atoms with Gasteiger partial charge in [0, 0.05) is 16.1 Å². The van der Waals surface area contributed by atoms with E-state index in [0.717, 1.165) is 5.71 Å². The summed E-state index contributed by atoms with van der Waals surface area (Å²) in [4.78, 5) is 16.5. The van der Waals surface area contributed by atoms with E-state index in [2.05, 4.69) is 41.3 Å². The molecule has 0 radical (unpaired) electrons. The Kier molecular flexibility index (Phi) is 4.28. The highest BCUT2D eigenvalue weighted by atomic mass is 35.5. The molecular weight excluding hydrogens is 328 g/mol. The Morgan fingerprint density at radius 3 is 2.79 bits per heavy atom. The number of nitrogens with one attached hydrogen (secondary N) is 1. The van der Waals surface area contributed by atoms with Gasteiger partial charge in [0.1, 0.15) is 18.7 Å². The predicted octanol–water partition coefficient (Wildman–Crippen LogP) is 3.42. The third-order valence-electron chi connectivity index (χ3n) is 3.72. The van der Waals surface area contributed by atoms with E-state index in [4.69, 9.17) is 11.6 Å².